The molecule has 2 aromatic rings. The van der Waals surface area contributed by atoms with Crippen molar-refractivity contribution < 1.29 is 0 Å². The highest BCUT2D eigenvalue weighted by molar-refractivity contribution is 5.62. The molecule has 1 nitrogen and oxygen atoms in total. The first kappa shape index (κ1) is 12.3. The number of benzene rings is 2. The van der Waals surface area contributed by atoms with Crippen LogP contribution in [0.1, 0.15) is 43.4 Å². The first-order chi connectivity index (χ1) is 9.05. The van der Waals surface area contributed by atoms with Crippen molar-refractivity contribution in [3.63, 3.8) is 0 Å². The minimum atomic E-state index is 0.207. The van der Waals surface area contributed by atoms with E-state index in [1.807, 2.05) is 0 Å². The van der Waals surface area contributed by atoms with Crippen LogP contribution < -0.4 is 5.32 Å². The second kappa shape index (κ2) is 4.41. The highest BCUT2D eigenvalue weighted by Gasteiger charge is 2.25. The molecule has 3 rings (SSSR count). The third-order valence-electron chi connectivity index (χ3n) is 3.99. The summed E-state index contributed by atoms with van der Waals surface area (Å²) < 4.78 is 0. The monoisotopic (exact) mass is 251 g/mol. The Labute approximate surface area is 115 Å². The smallest absolute Gasteiger partial charge is 0.0380 e. The van der Waals surface area contributed by atoms with E-state index in [-0.39, 0.29) is 5.41 Å². The summed E-state index contributed by atoms with van der Waals surface area (Å²) in [5.74, 6) is 0.485. The maximum absolute atomic E-state index is 3.53. The summed E-state index contributed by atoms with van der Waals surface area (Å²) in [4.78, 5) is 0. The first-order valence-electron chi connectivity index (χ1n) is 6.99. The molecule has 1 atom stereocenters. The molecule has 2 aromatic carbocycles. The van der Waals surface area contributed by atoms with Gasteiger partial charge in [0, 0.05) is 18.2 Å². The summed E-state index contributed by atoms with van der Waals surface area (Å²) in [7, 11) is 0. The summed E-state index contributed by atoms with van der Waals surface area (Å²) in [5.41, 5.74) is 5.76. The van der Waals surface area contributed by atoms with E-state index >= 15 is 0 Å². The van der Waals surface area contributed by atoms with E-state index in [0.29, 0.717) is 5.92 Å². The molecule has 0 radical (unpaired) electrons. The van der Waals surface area contributed by atoms with Gasteiger partial charge in [0.15, 0.2) is 0 Å². The van der Waals surface area contributed by atoms with Crippen LogP contribution in [0.4, 0.5) is 5.69 Å². The van der Waals surface area contributed by atoms with Crippen LogP contribution in [0.5, 0.6) is 0 Å². The maximum atomic E-state index is 3.53. The number of hydrogen-bond acceptors (Lipinski definition) is 1. The van der Waals surface area contributed by atoms with Crippen molar-refractivity contribution in [2.24, 2.45) is 0 Å². The van der Waals surface area contributed by atoms with Crippen LogP contribution in [0.15, 0.2) is 48.5 Å². The van der Waals surface area contributed by atoms with Crippen LogP contribution in [0.2, 0.25) is 0 Å². The van der Waals surface area contributed by atoms with E-state index in [0.717, 1.165) is 6.54 Å². The van der Waals surface area contributed by atoms with Gasteiger partial charge in [-0.3, -0.25) is 0 Å². The van der Waals surface area contributed by atoms with Gasteiger partial charge in [-0.15, -0.1) is 0 Å². The zero-order chi connectivity index (χ0) is 13.5. The Morgan fingerprint density at radius 1 is 1.00 bits per heavy atom. The largest absolute Gasteiger partial charge is 0.384 e. The van der Waals surface area contributed by atoms with Gasteiger partial charge in [0.25, 0.3) is 0 Å². The highest BCUT2D eigenvalue weighted by Crippen LogP contribution is 2.38. The van der Waals surface area contributed by atoms with Crippen LogP contribution in [-0.4, -0.2) is 6.54 Å². The number of hydrogen-bond donors (Lipinski definition) is 1. The fourth-order valence-corrected chi connectivity index (χ4v) is 2.78. The van der Waals surface area contributed by atoms with Gasteiger partial charge < -0.3 is 5.32 Å². The Morgan fingerprint density at radius 2 is 1.74 bits per heavy atom. The third-order valence-corrected chi connectivity index (χ3v) is 3.99. The van der Waals surface area contributed by atoms with Crippen molar-refractivity contribution in [2.75, 3.05) is 11.9 Å². The average Bonchev–Trinajstić information content (AvgIpc) is 2.81. The van der Waals surface area contributed by atoms with Crippen molar-refractivity contribution in [2.45, 2.75) is 32.1 Å². The van der Waals surface area contributed by atoms with Crippen molar-refractivity contribution >= 4 is 5.69 Å². The van der Waals surface area contributed by atoms with Gasteiger partial charge in [0.2, 0.25) is 0 Å². The van der Waals surface area contributed by atoms with E-state index in [4.69, 9.17) is 0 Å². The average molecular weight is 251 g/mol. The molecule has 1 heterocycles. The molecule has 0 bridgehead atoms. The van der Waals surface area contributed by atoms with E-state index < -0.39 is 0 Å². The lowest BCUT2D eigenvalue weighted by Gasteiger charge is -2.21. The Bertz CT molecular complexity index is 578. The molecule has 0 aliphatic carbocycles. The molecule has 0 saturated carbocycles. The lowest BCUT2D eigenvalue weighted by atomic mass is 9.83. The first-order valence-corrected chi connectivity index (χ1v) is 6.99. The molecule has 0 spiro atoms. The van der Waals surface area contributed by atoms with Crippen LogP contribution in [0.25, 0.3) is 0 Å². The second-order valence-corrected chi connectivity index (χ2v) is 6.40. The van der Waals surface area contributed by atoms with Gasteiger partial charge in [-0.1, -0.05) is 63.2 Å². The Morgan fingerprint density at radius 3 is 2.42 bits per heavy atom. The van der Waals surface area contributed by atoms with Crippen LogP contribution in [0, 0.1) is 0 Å². The molecule has 98 valence electrons. The van der Waals surface area contributed by atoms with E-state index in [1.165, 1.54) is 22.4 Å². The molecule has 0 saturated heterocycles. The number of nitrogens with one attached hydrogen (secondary N) is 1. The summed E-state index contributed by atoms with van der Waals surface area (Å²) in [6, 6.07) is 17.7. The highest BCUT2D eigenvalue weighted by atomic mass is 14.9. The van der Waals surface area contributed by atoms with Gasteiger partial charge in [-0.2, -0.15) is 0 Å². The molecular weight excluding hydrogens is 230 g/mol. The lowest BCUT2D eigenvalue weighted by molar-refractivity contribution is 0.589. The van der Waals surface area contributed by atoms with Crippen molar-refractivity contribution in [3.05, 3.63) is 65.2 Å². The molecule has 1 heteroatoms. The quantitative estimate of drug-likeness (QED) is 0.784. The van der Waals surface area contributed by atoms with Crippen LogP contribution in [0.3, 0.4) is 0 Å². The van der Waals surface area contributed by atoms with Gasteiger partial charge >= 0.3 is 0 Å². The molecule has 19 heavy (non-hydrogen) atoms. The molecule has 0 amide bonds. The maximum Gasteiger partial charge on any atom is 0.0380 e. The topological polar surface area (TPSA) is 12.0 Å². The predicted molar refractivity (Wildman–Crippen MR) is 81.9 cm³/mol. The van der Waals surface area contributed by atoms with Gasteiger partial charge in [-0.25, -0.2) is 0 Å². The SMILES string of the molecule is CC(C)(C)c1ccc2c(c1)C(c1ccccc1)CN2. The zero-order valence-corrected chi connectivity index (χ0v) is 11.9. The van der Waals surface area contributed by atoms with Crippen molar-refractivity contribution in [1.82, 2.24) is 0 Å². The zero-order valence-electron chi connectivity index (χ0n) is 11.9. The predicted octanol–water partition coefficient (Wildman–Crippen LogP) is 4.54. The van der Waals surface area contributed by atoms with Crippen LogP contribution >= 0.6 is 0 Å². The summed E-state index contributed by atoms with van der Waals surface area (Å²) in [5, 5.41) is 3.53. The van der Waals surface area contributed by atoms with E-state index in [2.05, 4.69) is 74.6 Å². The van der Waals surface area contributed by atoms with E-state index in [9.17, 15) is 0 Å². The minimum absolute atomic E-state index is 0.207. The molecule has 1 unspecified atom stereocenters. The van der Waals surface area contributed by atoms with Crippen LogP contribution in [-0.2, 0) is 5.41 Å². The Balaban J connectivity index is 2.04. The number of rotatable bonds is 1. The second-order valence-electron chi connectivity index (χ2n) is 6.40. The molecule has 0 aromatic heterocycles. The Hall–Kier alpha value is -1.76. The number of fused-ring (bicyclic) bond motifs is 1. The van der Waals surface area contributed by atoms with Crippen molar-refractivity contribution in [3.8, 4) is 0 Å². The molecule has 1 N–H and O–H groups in total. The third kappa shape index (κ3) is 2.25. The fourth-order valence-electron chi connectivity index (χ4n) is 2.78. The molecular formula is C18H21N. The normalized spacial score (nSPS) is 17.9. The standard InChI is InChI=1S/C18H21N/c1-18(2,3)14-9-10-17-15(11-14)16(12-19-17)13-7-5-4-6-8-13/h4-11,16,19H,12H2,1-3H3. The molecule has 0 fully saturated rings. The molecule has 1 aliphatic heterocycles. The minimum Gasteiger partial charge on any atom is -0.384 e. The summed E-state index contributed by atoms with van der Waals surface area (Å²) >= 11 is 0. The Kier molecular flexibility index (Phi) is 2.85. The summed E-state index contributed by atoms with van der Waals surface area (Å²) in [6.07, 6.45) is 0. The number of anilines is 1. The molecule has 1 aliphatic rings. The lowest BCUT2D eigenvalue weighted by Crippen LogP contribution is -2.11. The van der Waals surface area contributed by atoms with Gasteiger partial charge in [0.1, 0.15) is 0 Å². The summed E-state index contributed by atoms with van der Waals surface area (Å²) in [6.45, 7) is 7.82. The fraction of sp³-hybridized carbons (Fsp3) is 0.333. The van der Waals surface area contributed by atoms with E-state index in [1.54, 1.807) is 0 Å². The van der Waals surface area contributed by atoms with Gasteiger partial charge in [-0.05, 0) is 28.2 Å². The van der Waals surface area contributed by atoms with Gasteiger partial charge in [0.05, 0.1) is 0 Å². The van der Waals surface area contributed by atoms with Crippen molar-refractivity contribution in [1.29, 1.82) is 0 Å².